The van der Waals surface area contributed by atoms with Crippen molar-refractivity contribution in [1.29, 1.82) is 0 Å². The quantitative estimate of drug-likeness (QED) is 0.00848. The smallest absolute Gasteiger partial charge is 0.330 e. The van der Waals surface area contributed by atoms with Gasteiger partial charge in [-0.1, -0.05) is 63.2 Å². The molecule has 1 heterocycles. The number of hydrazone groups is 1. The number of fused-ring (bicyclic) bond motifs is 1. The molecule has 2 fully saturated rings. The molecule has 3 aliphatic rings. The molecule has 0 bridgehead atoms. The van der Waals surface area contributed by atoms with Crippen molar-refractivity contribution >= 4 is 47.5 Å². The first-order valence-electron chi connectivity index (χ1n) is 30.2. The van der Waals surface area contributed by atoms with Crippen molar-refractivity contribution in [3.8, 4) is 34.5 Å². The van der Waals surface area contributed by atoms with Crippen molar-refractivity contribution in [3.05, 3.63) is 122 Å². The lowest BCUT2D eigenvalue weighted by molar-refractivity contribution is -0.218. The third kappa shape index (κ3) is 22.9. The predicted molar refractivity (Wildman–Crippen MR) is 323 cm³/mol. The fourth-order valence-electron chi connectivity index (χ4n) is 10.0. The van der Waals surface area contributed by atoms with Crippen LogP contribution >= 0.6 is 11.8 Å². The maximum Gasteiger partial charge on any atom is 0.330 e. The molecule has 4 aromatic carbocycles. The van der Waals surface area contributed by atoms with E-state index in [1.165, 1.54) is 17.0 Å². The summed E-state index contributed by atoms with van der Waals surface area (Å²) in [7, 11) is 0. The van der Waals surface area contributed by atoms with Crippen LogP contribution in [0.25, 0.3) is 0 Å². The molecule has 454 valence electrons. The molecule has 84 heavy (non-hydrogen) atoms. The number of hydrogen-bond acceptors (Lipinski definition) is 18. The van der Waals surface area contributed by atoms with Gasteiger partial charge in [0.15, 0.2) is 17.0 Å². The SMILES string of the molecule is C=CC(=O)OCCCCCCOc1ccc(OOCC2CCC(C(=O)Oc3ccc(OOCC4CCC(C(=O)Oc5ccc(OCCCCCCOC(=O)C=C)cc5)CC4)c(/C=N/N(CCCCCC)C4Nc5ccccc5S4)c3)CC2)cc1. The molecular formula is C66H85N3O14S. The summed E-state index contributed by atoms with van der Waals surface area (Å²) in [6.45, 7) is 12.4. The average molecular weight is 1180 g/mol. The first-order chi connectivity index (χ1) is 41.2. The molecule has 1 unspecified atom stereocenters. The molecule has 0 saturated heterocycles. The van der Waals surface area contributed by atoms with E-state index in [-0.39, 0.29) is 41.1 Å². The number of hydrogen-bond donors (Lipinski definition) is 1. The number of para-hydroxylation sites is 1. The minimum atomic E-state index is -0.398. The minimum absolute atomic E-state index is 0.113. The zero-order chi connectivity index (χ0) is 59.0. The number of benzene rings is 4. The predicted octanol–water partition coefficient (Wildman–Crippen LogP) is 14.2. The molecule has 17 nitrogen and oxygen atoms in total. The number of rotatable bonds is 38. The van der Waals surface area contributed by atoms with Crippen molar-refractivity contribution in [1.82, 2.24) is 5.01 Å². The second-order valence-electron chi connectivity index (χ2n) is 21.5. The Morgan fingerprint density at radius 2 is 1.07 bits per heavy atom. The van der Waals surface area contributed by atoms with Gasteiger partial charge in [0.2, 0.25) is 0 Å². The topological polar surface area (TPSA) is 188 Å². The molecule has 2 saturated carbocycles. The monoisotopic (exact) mass is 1180 g/mol. The van der Waals surface area contributed by atoms with Crippen molar-refractivity contribution in [3.63, 3.8) is 0 Å². The Bertz CT molecular complexity index is 2650. The lowest BCUT2D eigenvalue weighted by Crippen LogP contribution is -2.33. The van der Waals surface area contributed by atoms with Crippen LogP contribution in [-0.4, -0.2) is 86.8 Å². The minimum Gasteiger partial charge on any atom is -0.494 e. The normalized spacial score (nSPS) is 18.1. The lowest BCUT2D eigenvalue weighted by atomic mass is 9.82. The van der Waals surface area contributed by atoms with Gasteiger partial charge < -0.3 is 43.5 Å². The van der Waals surface area contributed by atoms with E-state index in [1.54, 1.807) is 48.3 Å². The summed E-state index contributed by atoms with van der Waals surface area (Å²) >= 11 is 1.73. The first-order valence-corrected chi connectivity index (χ1v) is 31.1. The van der Waals surface area contributed by atoms with Crippen LogP contribution in [0.3, 0.4) is 0 Å². The van der Waals surface area contributed by atoms with Crippen LogP contribution in [0.1, 0.15) is 141 Å². The van der Waals surface area contributed by atoms with Crippen LogP contribution in [0.5, 0.6) is 34.5 Å². The van der Waals surface area contributed by atoms with Gasteiger partial charge in [-0.25, -0.2) is 9.59 Å². The van der Waals surface area contributed by atoms with Gasteiger partial charge >= 0.3 is 23.9 Å². The van der Waals surface area contributed by atoms with Crippen LogP contribution in [-0.2, 0) is 38.4 Å². The van der Waals surface area contributed by atoms with Crippen LogP contribution in [0.15, 0.2) is 126 Å². The molecular weight excluding hydrogens is 1090 g/mol. The zero-order valence-corrected chi connectivity index (χ0v) is 49.6. The lowest BCUT2D eigenvalue weighted by Gasteiger charge is -2.27. The highest BCUT2D eigenvalue weighted by molar-refractivity contribution is 8.00. The van der Waals surface area contributed by atoms with Crippen molar-refractivity contribution in [2.24, 2.45) is 28.8 Å². The molecule has 18 heteroatoms. The number of nitrogens with zero attached hydrogens (tertiary/aromatic N) is 2. The van der Waals surface area contributed by atoms with Gasteiger partial charge in [0.1, 0.15) is 23.0 Å². The Labute approximate surface area is 499 Å². The second kappa shape index (κ2) is 36.6. The van der Waals surface area contributed by atoms with Crippen LogP contribution in [0, 0.1) is 23.7 Å². The van der Waals surface area contributed by atoms with E-state index in [2.05, 4.69) is 42.5 Å². The molecule has 0 amide bonds. The van der Waals surface area contributed by atoms with Gasteiger partial charge in [-0.2, -0.15) is 14.9 Å². The van der Waals surface area contributed by atoms with E-state index in [1.807, 2.05) is 48.5 Å². The fourth-order valence-corrected chi connectivity index (χ4v) is 11.1. The average Bonchev–Trinajstić information content (AvgIpc) is 4.09. The number of carbonyl (C=O) groups excluding carboxylic acids is 4. The summed E-state index contributed by atoms with van der Waals surface area (Å²) in [4.78, 5) is 73.7. The molecule has 2 aliphatic carbocycles. The highest BCUT2D eigenvalue weighted by Crippen LogP contribution is 2.40. The summed E-state index contributed by atoms with van der Waals surface area (Å²) in [6.07, 6.45) is 21.5. The Balaban J connectivity index is 0.855. The van der Waals surface area contributed by atoms with E-state index in [9.17, 15) is 19.2 Å². The zero-order valence-electron chi connectivity index (χ0n) is 48.8. The fraction of sp³-hybridized carbons (Fsp3) is 0.500. The van der Waals surface area contributed by atoms with Crippen LogP contribution < -0.4 is 34.0 Å². The van der Waals surface area contributed by atoms with Gasteiger partial charge in [0.05, 0.1) is 63.4 Å². The number of thioether (sulfide) groups is 1. The second-order valence-corrected chi connectivity index (χ2v) is 22.6. The summed E-state index contributed by atoms with van der Waals surface area (Å²) in [5, 5.41) is 10.7. The highest BCUT2D eigenvalue weighted by atomic mass is 32.2. The van der Waals surface area contributed by atoms with E-state index >= 15 is 0 Å². The molecule has 0 spiro atoms. The van der Waals surface area contributed by atoms with Crippen molar-refractivity contribution < 1.29 is 67.1 Å². The van der Waals surface area contributed by atoms with Crippen molar-refractivity contribution in [2.45, 2.75) is 146 Å². The Kier molecular flexibility index (Phi) is 28.1. The number of unbranched alkanes of at least 4 members (excludes halogenated alkanes) is 9. The van der Waals surface area contributed by atoms with Crippen LogP contribution in [0.4, 0.5) is 5.69 Å². The van der Waals surface area contributed by atoms with E-state index < -0.39 is 11.9 Å². The maximum atomic E-state index is 13.7. The highest BCUT2D eigenvalue weighted by Gasteiger charge is 2.31. The van der Waals surface area contributed by atoms with Gasteiger partial charge in [0.25, 0.3) is 0 Å². The maximum absolute atomic E-state index is 13.7. The summed E-state index contributed by atoms with van der Waals surface area (Å²) < 4.78 is 33.6. The van der Waals surface area contributed by atoms with Crippen LogP contribution in [0.2, 0.25) is 0 Å². The molecule has 1 N–H and O–H groups in total. The first kappa shape index (κ1) is 64.5. The Morgan fingerprint density at radius 1 is 0.571 bits per heavy atom. The number of carbonyl (C=O) groups is 4. The van der Waals surface area contributed by atoms with E-state index in [0.29, 0.717) is 99.6 Å². The van der Waals surface area contributed by atoms with Gasteiger partial charge in [-0.05, 0) is 200 Å². The Morgan fingerprint density at radius 3 is 1.63 bits per heavy atom. The van der Waals surface area contributed by atoms with E-state index in [0.717, 1.165) is 121 Å². The summed E-state index contributed by atoms with van der Waals surface area (Å²) in [5.74, 6) is 1.97. The molecule has 0 aromatic heterocycles. The summed E-state index contributed by atoms with van der Waals surface area (Å²) in [6, 6.07) is 28.0. The third-order valence-corrected chi connectivity index (χ3v) is 16.2. The largest absolute Gasteiger partial charge is 0.494 e. The standard InChI is InChI=1S/C66H85N3O14S/c1-4-7-8-15-40-69(66-68-59-20-13-14-21-61(59)84-66)67-46-53-45-58(81-65(73)52-28-22-49(23-29-52)47-78-82-57-36-32-55(33-37-57)75-42-17-10-12-19-44-77-63(71)6-3)38-39-60(53)83-79-48-50-24-26-51(27-25-50)64(72)80-56-34-30-54(31-35-56)74-41-16-9-11-18-43-76-62(70)5-2/h5-6,13-14,20-21,30-39,45-46,49-52,66,68H,2-4,7-12,15-19,22-29,40-44,47-48H2,1H3/b67-46+. The van der Waals surface area contributed by atoms with E-state index in [4.69, 9.17) is 53.1 Å². The third-order valence-electron chi connectivity index (χ3n) is 15.0. The van der Waals surface area contributed by atoms with Gasteiger partial charge in [-0.3, -0.25) is 14.6 Å². The number of anilines is 1. The van der Waals surface area contributed by atoms with Gasteiger partial charge in [-0.15, -0.1) is 0 Å². The molecule has 1 aliphatic heterocycles. The molecule has 7 rings (SSSR count). The molecule has 1 atom stereocenters. The number of nitrogens with one attached hydrogen (secondary N) is 1. The Hall–Kier alpha value is -7.02. The molecule has 0 radical (unpaired) electrons. The number of esters is 4. The number of ether oxygens (including phenoxy) is 6. The molecule has 4 aromatic rings. The van der Waals surface area contributed by atoms with Crippen molar-refractivity contribution in [2.75, 3.05) is 51.5 Å². The van der Waals surface area contributed by atoms with Gasteiger partial charge in [0, 0.05) is 29.2 Å². The summed E-state index contributed by atoms with van der Waals surface area (Å²) in [5.41, 5.74) is 1.56.